The van der Waals surface area contributed by atoms with Crippen molar-refractivity contribution in [1.82, 2.24) is 5.32 Å². The molecule has 7 aliphatic rings. The minimum Gasteiger partial charge on any atom is -0.316 e. The van der Waals surface area contributed by atoms with E-state index in [1.54, 1.807) is 64.2 Å². The molecule has 9 unspecified atom stereocenters. The largest absolute Gasteiger partial charge is 0.316 e. The average molecular weight is 934 g/mol. The quantitative estimate of drug-likeness (QED) is 0.100. The maximum absolute atomic E-state index is 6.82. The van der Waals surface area contributed by atoms with Crippen LogP contribution in [-0.4, -0.2) is 12.2 Å². The molecule has 67 heavy (non-hydrogen) atoms. The molecule has 394 valence electrons. The molecule has 0 aromatic heterocycles. The summed E-state index contributed by atoms with van der Waals surface area (Å²) in [5.74, 6) is 13.5. The van der Waals surface area contributed by atoms with Gasteiger partial charge in [-0.2, -0.15) is 0 Å². The first-order valence-electron chi connectivity index (χ1n) is 32.4. The molecule has 3 N–H and O–H groups in total. The molecule has 0 aromatic carbocycles. The molecule has 0 aromatic rings. The van der Waals surface area contributed by atoms with E-state index in [2.05, 4.69) is 33.0 Å². The van der Waals surface area contributed by atoms with Gasteiger partial charge in [0.05, 0.1) is 6.17 Å². The van der Waals surface area contributed by atoms with Crippen LogP contribution in [0.5, 0.6) is 0 Å². The fourth-order valence-corrected chi connectivity index (χ4v) is 17.2. The van der Waals surface area contributed by atoms with Crippen LogP contribution in [-0.2, 0) is 0 Å². The standard InChI is InChI=1S/C49H94N2.C14H24.C2H6/c1-5-7-9-10-11-15-21-41-26-27-42(22-19-18-20-39(3)38-41)40(4)43-28-30-46(31-29-43)47-32-35-48(36-33-47)51-49(50)37-34-45-25-17-13-12-16-24-44(45)23-14-8-6-2;1-3-7-13-11(5-1)9-10-12-6-2-4-8-14(12)13;1-2/h39-49,51H,5-38,50H2,1-4H3;11-14H,1-10H2;1-2H3/t39?,40?,41?,42-,43?,44?,45?,46?,47?,48?,49?;11-,12?,13?,14?;/m10./s1. The third-order valence-electron chi connectivity index (χ3n) is 21.3. The van der Waals surface area contributed by atoms with Gasteiger partial charge in [-0.3, -0.25) is 5.32 Å². The highest BCUT2D eigenvalue weighted by atomic mass is 15.0. The predicted molar refractivity (Wildman–Crippen MR) is 297 cm³/mol. The lowest BCUT2D eigenvalue weighted by Gasteiger charge is -2.48. The fourth-order valence-electron chi connectivity index (χ4n) is 17.2. The number of rotatable bonds is 19. The van der Waals surface area contributed by atoms with E-state index in [1.165, 1.54) is 230 Å². The molecule has 7 rings (SSSR count). The van der Waals surface area contributed by atoms with Crippen molar-refractivity contribution in [2.24, 2.45) is 82.7 Å². The Kier molecular flexibility index (Phi) is 29.7. The Bertz CT molecular complexity index is 1140. The number of unbranched alkanes of at least 4 members (excludes halogenated alkanes) is 7. The van der Waals surface area contributed by atoms with E-state index in [-0.39, 0.29) is 6.17 Å². The fraction of sp³-hybridized carbons (Fsp3) is 1.00. The van der Waals surface area contributed by atoms with Gasteiger partial charge in [0.15, 0.2) is 0 Å². The maximum Gasteiger partial charge on any atom is 0.0548 e. The molecule has 0 aliphatic heterocycles. The van der Waals surface area contributed by atoms with Gasteiger partial charge in [0.25, 0.3) is 0 Å². The smallest absolute Gasteiger partial charge is 0.0548 e. The number of hydrogen-bond acceptors (Lipinski definition) is 2. The molecule has 0 bridgehead atoms. The summed E-state index contributed by atoms with van der Waals surface area (Å²) >= 11 is 0. The van der Waals surface area contributed by atoms with E-state index >= 15 is 0 Å². The van der Waals surface area contributed by atoms with Crippen LogP contribution in [0.2, 0.25) is 0 Å². The molecule has 0 saturated heterocycles. The Morgan fingerprint density at radius 3 is 1.54 bits per heavy atom. The second-order valence-corrected chi connectivity index (χ2v) is 25.9. The molecule has 11 atom stereocenters. The second kappa shape index (κ2) is 34.4. The van der Waals surface area contributed by atoms with Crippen molar-refractivity contribution in [3.63, 3.8) is 0 Å². The number of nitrogens with two attached hydrogens (primary N) is 1. The monoisotopic (exact) mass is 933 g/mol. The normalized spacial score (nSPS) is 36.5. The maximum atomic E-state index is 6.82. The number of fused-ring (bicyclic) bond motifs is 3. The summed E-state index contributed by atoms with van der Waals surface area (Å²) in [6, 6.07) is 0.672. The van der Waals surface area contributed by atoms with Crippen molar-refractivity contribution in [1.29, 1.82) is 0 Å². The van der Waals surface area contributed by atoms with Gasteiger partial charge >= 0.3 is 0 Å². The molecule has 7 aliphatic carbocycles. The van der Waals surface area contributed by atoms with Gasteiger partial charge in [0, 0.05) is 6.04 Å². The Balaban J connectivity index is 0.000000437. The highest BCUT2D eigenvalue weighted by molar-refractivity contribution is 4.92. The van der Waals surface area contributed by atoms with E-state index < -0.39 is 0 Å². The van der Waals surface area contributed by atoms with Crippen LogP contribution in [0.4, 0.5) is 0 Å². The Labute approximate surface area is 422 Å². The summed E-state index contributed by atoms with van der Waals surface area (Å²) in [4.78, 5) is 0. The van der Waals surface area contributed by atoms with Gasteiger partial charge in [0.1, 0.15) is 0 Å². The molecule has 7 fully saturated rings. The molecule has 0 amide bonds. The zero-order chi connectivity index (χ0) is 47.5. The number of hydrogen-bond donors (Lipinski definition) is 2. The van der Waals surface area contributed by atoms with Crippen LogP contribution in [0.1, 0.15) is 324 Å². The highest BCUT2D eigenvalue weighted by Crippen LogP contribution is 2.51. The zero-order valence-electron chi connectivity index (χ0n) is 46.9. The van der Waals surface area contributed by atoms with Crippen LogP contribution in [0, 0.1) is 76.9 Å². The van der Waals surface area contributed by atoms with E-state index in [0.29, 0.717) is 6.04 Å². The third kappa shape index (κ3) is 20.8. The van der Waals surface area contributed by atoms with Crippen molar-refractivity contribution in [2.45, 2.75) is 336 Å². The van der Waals surface area contributed by atoms with E-state index in [1.807, 2.05) is 13.8 Å². The Morgan fingerprint density at radius 1 is 0.433 bits per heavy atom. The lowest BCUT2D eigenvalue weighted by Crippen LogP contribution is -2.46. The van der Waals surface area contributed by atoms with Gasteiger partial charge in [-0.15, -0.1) is 0 Å². The summed E-state index contributed by atoms with van der Waals surface area (Å²) < 4.78 is 0. The summed E-state index contributed by atoms with van der Waals surface area (Å²) in [5.41, 5.74) is 6.82. The molecule has 7 saturated carbocycles. The SMILES string of the molecule is C1CCC2C(C1)CC[C@@H]1CCCCC21.CC.CCCCCCCCC1CC[C@H](C(C)C2CCC(C3CCC(NC(N)CCC4CCCCCCC4CCCCC)CC3)CC2)CCCCC(C)C1. The van der Waals surface area contributed by atoms with Crippen molar-refractivity contribution >= 4 is 0 Å². The molecule has 0 radical (unpaired) electrons. The highest BCUT2D eigenvalue weighted by Gasteiger charge is 2.41. The topological polar surface area (TPSA) is 38.0 Å². The first kappa shape index (κ1) is 57.8. The summed E-state index contributed by atoms with van der Waals surface area (Å²) in [5, 5.41) is 3.96. The first-order valence-corrected chi connectivity index (χ1v) is 32.4. The third-order valence-corrected chi connectivity index (χ3v) is 21.3. The summed E-state index contributed by atoms with van der Waals surface area (Å²) in [7, 11) is 0. The van der Waals surface area contributed by atoms with Crippen molar-refractivity contribution in [3.05, 3.63) is 0 Å². The zero-order valence-corrected chi connectivity index (χ0v) is 46.9. The minimum absolute atomic E-state index is 0.210. The van der Waals surface area contributed by atoms with Crippen LogP contribution >= 0.6 is 0 Å². The van der Waals surface area contributed by atoms with E-state index in [9.17, 15) is 0 Å². The Morgan fingerprint density at radius 2 is 0.896 bits per heavy atom. The van der Waals surface area contributed by atoms with Crippen LogP contribution in [0.3, 0.4) is 0 Å². The molecule has 0 spiro atoms. The molecule has 0 heterocycles. The van der Waals surface area contributed by atoms with Gasteiger partial charge in [-0.1, -0.05) is 221 Å². The van der Waals surface area contributed by atoms with Crippen molar-refractivity contribution in [2.75, 3.05) is 0 Å². The van der Waals surface area contributed by atoms with Crippen molar-refractivity contribution < 1.29 is 0 Å². The first-order chi connectivity index (χ1) is 32.9. The van der Waals surface area contributed by atoms with Gasteiger partial charge in [-0.05, 0) is 180 Å². The summed E-state index contributed by atoms with van der Waals surface area (Å²) in [6.45, 7) is 14.0. The molecular formula is C65H124N2. The molecular weight excluding hydrogens is 809 g/mol. The van der Waals surface area contributed by atoms with Crippen LogP contribution < -0.4 is 11.1 Å². The molecule has 2 heteroatoms. The van der Waals surface area contributed by atoms with Gasteiger partial charge in [0.2, 0.25) is 0 Å². The lowest BCUT2D eigenvalue weighted by atomic mass is 9.58. The average Bonchev–Trinajstić information content (AvgIpc) is 3.36. The van der Waals surface area contributed by atoms with Crippen LogP contribution in [0.15, 0.2) is 0 Å². The minimum atomic E-state index is 0.210. The van der Waals surface area contributed by atoms with Crippen molar-refractivity contribution in [3.8, 4) is 0 Å². The molecule has 2 nitrogen and oxygen atoms in total. The van der Waals surface area contributed by atoms with Gasteiger partial charge < -0.3 is 5.73 Å². The Hall–Kier alpha value is -0.0800. The number of nitrogens with one attached hydrogen (secondary N) is 1. The van der Waals surface area contributed by atoms with Gasteiger partial charge in [-0.25, -0.2) is 0 Å². The van der Waals surface area contributed by atoms with E-state index in [0.717, 1.165) is 65.1 Å². The van der Waals surface area contributed by atoms with E-state index in [4.69, 9.17) is 5.73 Å². The second-order valence-electron chi connectivity index (χ2n) is 25.9. The predicted octanol–water partition coefficient (Wildman–Crippen LogP) is 20.6. The lowest BCUT2D eigenvalue weighted by molar-refractivity contribution is 0.0278. The van der Waals surface area contributed by atoms with Crippen LogP contribution in [0.25, 0.3) is 0 Å². The summed E-state index contributed by atoms with van der Waals surface area (Å²) in [6.07, 6.45) is 65.6.